The second-order valence-electron chi connectivity index (χ2n) is 6.00. The largest absolute Gasteiger partial charge is 0.363 e. The van der Waals surface area contributed by atoms with E-state index < -0.39 is 0 Å². The van der Waals surface area contributed by atoms with Crippen molar-refractivity contribution < 1.29 is 14.3 Å². The van der Waals surface area contributed by atoms with E-state index in [9.17, 15) is 9.59 Å². The molecule has 3 rings (SSSR count). The number of likely N-dealkylation sites (tertiary alicyclic amines) is 1. The third-order valence-electron chi connectivity index (χ3n) is 4.40. The van der Waals surface area contributed by atoms with E-state index in [4.69, 9.17) is 4.74 Å². The maximum absolute atomic E-state index is 12.7. The number of ether oxygens (including phenoxy) is 1. The minimum atomic E-state index is -0.303. The van der Waals surface area contributed by atoms with Crippen molar-refractivity contribution in [1.29, 1.82) is 0 Å². The van der Waals surface area contributed by atoms with Gasteiger partial charge in [0.1, 0.15) is 11.5 Å². The van der Waals surface area contributed by atoms with Gasteiger partial charge in [0.2, 0.25) is 5.91 Å². The Hall–Kier alpha value is -1.67. The number of aryl methyl sites for hydroxylation is 1. The van der Waals surface area contributed by atoms with Gasteiger partial charge in [0, 0.05) is 26.2 Å². The SMILES string of the molecule is CCNc1nc(C)c(C(=O)N2CCC3(CC2)CNC(=O)CO3)s1. The van der Waals surface area contributed by atoms with Crippen LogP contribution in [0.4, 0.5) is 5.13 Å². The maximum Gasteiger partial charge on any atom is 0.265 e. The van der Waals surface area contributed by atoms with Crippen molar-refractivity contribution in [2.24, 2.45) is 0 Å². The van der Waals surface area contributed by atoms with Crippen molar-refractivity contribution in [3.05, 3.63) is 10.6 Å². The number of carbonyl (C=O) groups is 2. The van der Waals surface area contributed by atoms with Crippen LogP contribution >= 0.6 is 11.3 Å². The molecule has 0 bridgehead atoms. The minimum absolute atomic E-state index is 0.0406. The standard InChI is InChI=1S/C15H22N4O3S/c1-3-16-14-18-10(2)12(23-14)13(21)19-6-4-15(5-7-19)9-17-11(20)8-22-15/h3-9H2,1-2H3,(H,16,18)(H,17,20). The number of piperidine rings is 1. The number of nitrogens with zero attached hydrogens (tertiary/aromatic N) is 2. The minimum Gasteiger partial charge on any atom is -0.363 e. The molecule has 1 aromatic rings. The Morgan fingerprint density at radius 2 is 2.22 bits per heavy atom. The molecule has 0 unspecified atom stereocenters. The summed E-state index contributed by atoms with van der Waals surface area (Å²) in [6.07, 6.45) is 1.49. The lowest BCUT2D eigenvalue weighted by Gasteiger charge is -2.43. The molecule has 1 spiro atoms. The molecule has 2 aliphatic rings. The zero-order valence-electron chi connectivity index (χ0n) is 13.5. The number of amides is 2. The van der Waals surface area contributed by atoms with Gasteiger partial charge in [0.15, 0.2) is 5.13 Å². The highest BCUT2D eigenvalue weighted by Gasteiger charge is 2.40. The number of hydrogen-bond donors (Lipinski definition) is 2. The first-order valence-corrected chi connectivity index (χ1v) is 8.76. The number of carbonyl (C=O) groups excluding carboxylic acids is 2. The summed E-state index contributed by atoms with van der Waals surface area (Å²) < 4.78 is 5.74. The molecular weight excluding hydrogens is 316 g/mol. The Labute approximate surface area is 139 Å². The van der Waals surface area contributed by atoms with Crippen LogP contribution in [0.15, 0.2) is 0 Å². The molecule has 0 saturated carbocycles. The monoisotopic (exact) mass is 338 g/mol. The van der Waals surface area contributed by atoms with Gasteiger partial charge < -0.3 is 20.3 Å². The molecule has 7 nitrogen and oxygen atoms in total. The van der Waals surface area contributed by atoms with Crippen LogP contribution in [0.25, 0.3) is 0 Å². The summed E-state index contributed by atoms with van der Waals surface area (Å²) in [7, 11) is 0. The van der Waals surface area contributed by atoms with Gasteiger partial charge in [-0.25, -0.2) is 4.98 Å². The summed E-state index contributed by atoms with van der Waals surface area (Å²) in [6, 6.07) is 0. The Balaban J connectivity index is 1.63. The molecule has 2 amide bonds. The summed E-state index contributed by atoms with van der Waals surface area (Å²) in [6.45, 7) is 6.61. The number of aromatic nitrogens is 1. The van der Waals surface area contributed by atoms with Gasteiger partial charge in [-0.05, 0) is 26.7 Å². The zero-order valence-corrected chi connectivity index (χ0v) is 14.3. The van der Waals surface area contributed by atoms with E-state index >= 15 is 0 Å². The lowest BCUT2D eigenvalue weighted by atomic mass is 9.90. The van der Waals surface area contributed by atoms with Crippen LogP contribution in [0.5, 0.6) is 0 Å². The van der Waals surface area contributed by atoms with E-state index in [0.29, 0.717) is 24.5 Å². The maximum atomic E-state index is 12.7. The lowest BCUT2D eigenvalue weighted by molar-refractivity contribution is -0.149. The summed E-state index contributed by atoms with van der Waals surface area (Å²) in [5, 5.41) is 6.81. The number of morpholine rings is 1. The van der Waals surface area contributed by atoms with Gasteiger partial charge in [0.25, 0.3) is 5.91 Å². The summed E-state index contributed by atoms with van der Waals surface area (Å²) >= 11 is 1.41. The molecule has 126 valence electrons. The van der Waals surface area contributed by atoms with E-state index in [1.54, 1.807) is 0 Å². The molecule has 0 aromatic carbocycles. The molecule has 3 heterocycles. The highest BCUT2D eigenvalue weighted by Crippen LogP contribution is 2.30. The number of anilines is 1. The van der Waals surface area contributed by atoms with Crippen LogP contribution in [0.3, 0.4) is 0 Å². The third kappa shape index (κ3) is 3.32. The number of hydrogen-bond acceptors (Lipinski definition) is 6. The molecule has 2 fully saturated rings. The van der Waals surface area contributed by atoms with E-state index in [0.717, 1.165) is 30.2 Å². The van der Waals surface area contributed by atoms with Crippen LogP contribution in [-0.4, -0.2) is 60.1 Å². The molecule has 0 atom stereocenters. The Bertz CT molecular complexity index is 596. The summed E-state index contributed by atoms with van der Waals surface area (Å²) in [5.41, 5.74) is 0.472. The van der Waals surface area contributed by atoms with Crippen LogP contribution in [0.2, 0.25) is 0 Å². The predicted octanol–water partition coefficient (Wildman–Crippen LogP) is 1.00. The highest BCUT2D eigenvalue weighted by molar-refractivity contribution is 7.17. The molecule has 23 heavy (non-hydrogen) atoms. The van der Waals surface area contributed by atoms with E-state index in [-0.39, 0.29) is 24.0 Å². The Morgan fingerprint density at radius 1 is 1.48 bits per heavy atom. The molecule has 2 N–H and O–H groups in total. The fraction of sp³-hybridized carbons (Fsp3) is 0.667. The first kappa shape index (κ1) is 16.2. The molecule has 0 radical (unpaired) electrons. The molecule has 8 heteroatoms. The van der Waals surface area contributed by atoms with Gasteiger partial charge in [-0.2, -0.15) is 0 Å². The summed E-state index contributed by atoms with van der Waals surface area (Å²) in [5.74, 6) is -0.0239. The average Bonchev–Trinajstić information content (AvgIpc) is 2.92. The van der Waals surface area contributed by atoms with Crippen molar-refractivity contribution in [3.63, 3.8) is 0 Å². The fourth-order valence-electron chi connectivity index (χ4n) is 2.98. The van der Waals surface area contributed by atoms with Crippen LogP contribution in [0, 0.1) is 6.92 Å². The van der Waals surface area contributed by atoms with Crippen LogP contribution in [0.1, 0.15) is 35.1 Å². The van der Waals surface area contributed by atoms with Crippen molar-refractivity contribution in [2.45, 2.75) is 32.3 Å². The van der Waals surface area contributed by atoms with E-state index in [1.807, 2.05) is 18.7 Å². The third-order valence-corrected chi connectivity index (χ3v) is 5.50. The van der Waals surface area contributed by atoms with Gasteiger partial charge in [-0.1, -0.05) is 11.3 Å². The number of rotatable bonds is 3. The van der Waals surface area contributed by atoms with Gasteiger partial charge in [-0.15, -0.1) is 0 Å². The number of nitrogens with one attached hydrogen (secondary N) is 2. The van der Waals surface area contributed by atoms with E-state index in [1.165, 1.54) is 11.3 Å². The van der Waals surface area contributed by atoms with Gasteiger partial charge in [-0.3, -0.25) is 9.59 Å². The predicted molar refractivity (Wildman–Crippen MR) is 87.8 cm³/mol. The normalized spacial score (nSPS) is 20.4. The Kier molecular flexibility index (Phi) is 4.54. The summed E-state index contributed by atoms with van der Waals surface area (Å²) in [4.78, 5) is 30.9. The lowest BCUT2D eigenvalue weighted by Crippen LogP contribution is -2.58. The van der Waals surface area contributed by atoms with Crippen LogP contribution in [-0.2, 0) is 9.53 Å². The second-order valence-corrected chi connectivity index (χ2v) is 7.00. The molecule has 2 aliphatic heterocycles. The zero-order chi connectivity index (χ0) is 16.4. The van der Waals surface area contributed by atoms with Crippen molar-refractivity contribution >= 4 is 28.3 Å². The number of thiazole rings is 1. The van der Waals surface area contributed by atoms with Gasteiger partial charge >= 0.3 is 0 Å². The van der Waals surface area contributed by atoms with Crippen LogP contribution < -0.4 is 10.6 Å². The van der Waals surface area contributed by atoms with Crippen molar-refractivity contribution in [3.8, 4) is 0 Å². The molecule has 0 aliphatic carbocycles. The topological polar surface area (TPSA) is 83.6 Å². The van der Waals surface area contributed by atoms with E-state index in [2.05, 4.69) is 15.6 Å². The highest BCUT2D eigenvalue weighted by atomic mass is 32.1. The van der Waals surface area contributed by atoms with Crippen molar-refractivity contribution in [1.82, 2.24) is 15.2 Å². The van der Waals surface area contributed by atoms with Gasteiger partial charge in [0.05, 0.1) is 11.3 Å². The Morgan fingerprint density at radius 3 is 2.83 bits per heavy atom. The van der Waals surface area contributed by atoms with Crippen molar-refractivity contribution in [2.75, 3.05) is 38.1 Å². The molecule has 2 saturated heterocycles. The second kappa shape index (κ2) is 6.45. The smallest absolute Gasteiger partial charge is 0.265 e. The first-order valence-electron chi connectivity index (χ1n) is 7.94. The fourth-order valence-corrected chi connectivity index (χ4v) is 3.99. The first-order chi connectivity index (χ1) is 11.0. The molecular formula is C15H22N4O3S. The molecule has 1 aromatic heterocycles. The average molecular weight is 338 g/mol. The quantitative estimate of drug-likeness (QED) is 0.859.